The van der Waals surface area contributed by atoms with Gasteiger partial charge in [0.05, 0.1) is 24.8 Å². The lowest BCUT2D eigenvalue weighted by Gasteiger charge is -2.48. The first-order valence-corrected chi connectivity index (χ1v) is 12.5. The summed E-state index contributed by atoms with van der Waals surface area (Å²) in [7, 11) is 0. The van der Waals surface area contributed by atoms with E-state index in [1.54, 1.807) is 0 Å². The third kappa shape index (κ3) is 6.77. The average molecular weight is 556 g/mol. The number of aliphatic hydroxyl groups excluding tert-OH is 7. The number of rotatable bonds is 9. The van der Waals surface area contributed by atoms with Crippen molar-refractivity contribution >= 4 is 5.91 Å². The molecule has 3 fully saturated rings. The molecule has 3 aliphatic rings. The zero-order valence-corrected chi connectivity index (χ0v) is 20.7. The van der Waals surface area contributed by atoms with Gasteiger partial charge in [0, 0.05) is 12.6 Å². The molecule has 0 radical (unpaired) electrons. The Bertz CT molecular complexity index is 770. The molecule has 3 rings (SSSR count). The Labute approximate surface area is 218 Å². The number of amides is 1. The van der Waals surface area contributed by atoms with Gasteiger partial charge in [-0.3, -0.25) is 4.79 Å². The van der Waals surface area contributed by atoms with Crippen molar-refractivity contribution < 1.29 is 59.5 Å². The van der Waals surface area contributed by atoms with Crippen molar-refractivity contribution in [2.45, 2.75) is 105 Å². The molecule has 38 heavy (non-hydrogen) atoms. The highest BCUT2D eigenvalue weighted by Gasteiger charge is 2.51. The van der Waals surface area contributed by atoms with Crippen LogP contribution >= 0.6 is 0 Å². The summed E-state index contributed by atoms with van der Waals surface area (Å²) in [5, 5.41) is 74.7. The first-order valence-electron chi connectivity index (χ1n) is 12.5. The van der Waals surface area contributed by atoms with Gasteiger partial charge in [-0.2, -0.15) is 0 Å². The number of aliphatic hydroxyl groups is 7. The summed E-state index contributed by atoms with van der Waals surface area (Å²) in [5.41, 5.74) is 23.0. The highest BCUT2D eigenvalue weighted by Crippen LogP contribution is 2.31. The van der Waals surface area contributed by atoms with E-state index >= 15 is 0 Å². The average Bonchev–Trinajstić information content (AvgIpc) is 2.88. The second kappa shape index (κ2) is 13.5. The summed E-state index contributed by atoms with van der Waals surface area (Å²) in [5.74, 6) is -0.806. The number of carbonyl (C=O) groups excluding carboxylic acids is 1. The van der Waals surface area contributed by atoms with Gasteiger partial charge in [-0.25, -0.2) is 0 Å². The smallest absolute Gasteiger partial charge is 0.249 e. The Hall–Kier alpha value is -1.13. The molecule has 15 atom stereocenters. The van der Waals surface area contributed by atoms with Gasteiger partial charge in [0.25, 0.3) is 0 Å². The molecular weight excluding hydrogens is 514 g/mol. The normalized spacial score (nSPS) is 46.9. The lowest BCUT2D eigenvalue weighted by atomic mass is 9.83. The Kier molecular flexibility index (Phi) is 11.1. The summed E-state index contributed by atoms with van der Waals surface area (Å²) in [6, 6.07) is -3.16. The van der Waals surface area contributed by atoms with Crippen LogP contribution in [0.25, 0.3) is 0 Å². The van der Waals surface area contributed by atoms with E-state index in [9.17, 15) is 40.5 Å². The Balaban J connectivity index is 1.81. The molecule has 0 aromatic carbocycles. The molecule has 222 valence electrons. The molecule has 17 heteroatoms. The maximum atomic E-state index is 12.5. The zero-order valence-electron chi connectivity index (χ0n) is 20.7. The fourth-order valence-electron chi connectivity index (χ4n) is 4.77. The Morgan fingerprint density at radius 3 is 2.21 bits per heavy atom. The van der Waals surface area contributed by atoms with Crippen LogP contribution in [-0.2, 0) is 23.7 Å². The van der Waals surface area contributed by atoms with Crippen molar-refractivity contribution in [2.75, 3.05) is 19.7 Å². The highest BCUT2D eigenvalue weighted by molar-refractivity contribution is 5.80. The number of hydrogen-bond donors (Lipinski definition) is 12. The third-order valence-electron chi connectivity index (χ3n) is 7.12. The molecule has 2 aliphatic heterocycles. The Morgan fingerprint density at radius 2 is 1.58 bits per heavy atom. The van der Waals surface area contributed by atoms with Gasteiger partial charge in [-0.1, -0.05) is 0 Å². The monoisotopic (exact) mass is 555 g/mol. The van der Waals surface area contributed by atoms with E-state index in [2.05, 4.69) is 5.32 Å². The van der Waals surface area contributed by atoms with Crippen molar-refractivity contribution in [3.63, 3.8) is 0 Å². The molecule has 0 spiro atoms. The molecule has 0 aromatic heterocycles. The van der Waals surface area contributed by atoms with Gasteiger partial charge < -0.3 is 82.9 Å². The minimum Gasteiger partial charge on any atom is -0.389 e. The van der Waals surface area contributed by atoms with E-state index in [4.69, 9.17) is 41.9 Å². The molecule has 0 bridgehead atoms. The standard InChI is InChI=1S/C21H41N5O12/c22-2-1-8(27)19(34)26-7-3-6(24)17(37-21-15(32)14(31)12(29)10(4-23)36-21)16(33)18(7)38-20-13(30)11(25)9(28)5-35-20/h6-18,20-21,27-33H,1-5,22-25H2,(H,26,34)/t6-,7+,8-,9+,10+,11-,12+,13+,14-,15+,16-,17+,18-,20-,21+/m0/s1. The van der Waals surface area contributed by atoms with Gasteiger partial charge in [-0.05, 0) is 19.4 Å². The summed E-state index contributed by atoms with van der Waals surface area (Å²) in [6.45, 7) is -0.453. The molecule has 1 saturated carbocycles. The van der Waals surface area contributed by atoms with E-state index in [0.29, 0.717) is 0 Å². The van der Waals surface area contributed by atoms with E-state index in [-0.39, 0.29) is 32.5 Å². The van der Waals surface area contributed by atoms with Crippen LogP contribution in [0.1, 0.15) is 12.8 Å². The second-order valence-corrected chi connectivity index (χ2v) is 9.89. The lowest BCUT2D eigenvalue weighted by molar-refractivity contribution is -0.327. The molecule has 0 aromatic rings. The zero-order chi connectivity index (χ0) is 28.3. The quantitative estimate of drug-likeness (QED) is 0.126. The second-order valence-electron chi connectivity index (χ2n) is 9.89. The van der Waals surface area contributed by atoms with Crippen LogP contribution in [0.5, 0.6) is 0 Å². The van der Waals surface area contributed by atoms with Crippen LogP contribution < -0.4 is 28.3 Å². The summed E-state index contributed by atoms with van der Waals surface area (Å²) < 4.78 is 22.4. The van der Waals surface area contributed by atoms with Crippen LogP contribution in [-0.4, -0.2) is 153 Å². The SMILES string of the molecule is NCC[C@H](O)C(=O)N[C@@H]1C[C@H](N)[C@@H](O[C@H]2O[C@H](CN)[C@@H](O)[C@H](O)[C@H]2O)[C@H](O)[C@H]1O[C@@H]1OC[C@@H](O)[C@H](N)[C@H]1O. The predicted molar refractivity (Wildman–Crippen MR) is 125 cm³/mol. The van der Waals surface area contributed by atoms with Crippen molar-refractivity contribution in [2.24, 2.45) is 22.9 Å². The predicted octanol–water partition coefficient (Wildman–Crippen LogP) is -7.79. The fourth-order valence-corrected chi connectivity index (χ4v) is 4.77. The molecule has 16 N–H and O–H groups in total. The van der Waals surface area contributed by atoms with E-state index < -0.39 is 97.7 Å². The van der Waals surface area contributed by atoms with Crippen LogP contribution in [0, 0.1) is 0 Å². The Morgan fingerprint density at radius 1 is 0.921 bits per heavy atom. The van der Waals surface area contributed by atoms with Crippen LogP contribution in [0.15, 0.2) is 0 Å². The maximum Gasteiger partial charge on any atom is 0.249 e. The molecule has 2 heterocycles. The van der Waals surface area contributed by atoms with Gasteiger partial charge in [-0.15, -0.1) is 0 Å². The van der Waals surface area contributed by atoms with Gasteiger partial charge in [0.15, 0.2) is 12.6 Å². The highest BCUT2D eigenvalue weighted by atomic mass is 16.7. The van der Waals surface area contributed by atoms with E-state index in [1.165, 1.54) is 0 Å². The molecule has 1 amide bonds. The number of nitrogens with two attached hydrogens (primary N) is 4. The third-order valence-corrected chi connectivity index (χ3v) is 7.12. The molecule has 17 nitrogen and oxygen atoms in total. The van der Waals surface area contributed by atoms with Gasteiger partial charge in [0.1, 0.15) is 54.9 Å². The number of nitrogens with one attached hydrogen (secondary N) is 1. The summed E-state index contributed by atoms with van der Waals surface area (Å²) in [6.07, 6.45) is -17.5. The van der Waals surface area contributed by atoms with E-state index in [0.717, 1.165) is 0 Å². The minimum atomic E-state index is -1.72. The number of hydrogen-bond acceptors (Lipinski definition) is 16. The molecule has 2 saturated heterocycles. The van der Waals surface area contributed by atoms with Gasteiger partial charge in [0.2, 0.25) is 5.91 Å². The van der Waals surface area contributed by atoms with Crippen LogP contribution in [0.2, 0.25) is 0 Å². The lowest BCUT2D eigenvalue weighted by Crippen LogP contribution is -2.69. The number of ether oxygens (including phenoxy) is 4. The topological polar surface area (TPSA) is 312 Å². The number of carbonyl (C=O) groups is 1. The largest absolute Gasteiger partial charge is 0.389 e. The van der Waals surface area contributed by atoms with Crippen LogP contribution in [0.4, 0.5) is 0 Å². The molecular formula is C21H41N5O12. The van der Waals surface area contributed by atoms with Crippen molar-refractivity contribution in [3.8, 4) is 0 Å². The maximum absolute atomic E-state index is 12.5. The molecule has 1 aliphatic carbocycles. The molecule has 0 unspecified atom stereocenters. The van der Waals surface area contributed by atoms with Crippen molar-refractivity contribution in [1.82, 2.24) is 5.32 Å². The first-order chi connectivity index (χ1) is 17.9. The van der Waals surface area contributed by atoms with Crippen LogP contribution in [0.3, 0.4) is 0 Å². The van der Waals surface area contributed by atoms with Crippen molar-refractivity contribution in [1.29, 1.82) is 0 Å². The minimum absolute atomic E-state index is 0.0327. The van der Waals surface area contributed by atoms with E-state index in [1.807, 2.05) is 0 Å². The van der Waals surface area contributed by atoms with Crippen molar-refractivity contribution in [3.05, 3.63) is 0 Å². The fraction of sp³-hybridized carbons (Fsp3) is 0.952. The summed E-state index contributed by atoms with van der Waals surface area (Å²) >= 11 is 0. The van der Waals surface area contributed by atoms with Gasteiger partial charge >= 0.3 is 0 Å². The first kappa shape index (κ1) is 31.4. The summed E-state index contributed by atoms with van der Waals surface area (Å²) in [4.78, 5) is 12.5.